The zero-order chi connectivity index (χ0) is 17.6. The van der Waals surface area contributed by atoms with Crippen molar-refractivity contribution in [3.63, 3.8) is 0 Å². The number of hydrogen-bond acceptors (Lipinski definition) is 4. The van der Waals surface area contributed by atoms with Crippen LogP contribution in [0.1, 0.15) is 37.7 Å². The molecule has 0 N–H and O–H groups in total. The van der Waals surface area contributed by atoms with Gasteiger partial charge in [0, 0.05) is 31.0 Å². The van der Waals surface area contributed by atoms with Crippen molar-refractivity contribution < 1.29 is 0 Å². The van der Waals surface area contributed by atoms with E-state index in [0.717, 1.165) is 24.6 Å². The largest absolute Gasteiger partial charge is 0.353 e. The summed E-state index contributed by atoms with van der Waals surface area (Å²) in [5, 5.41) is 0. The van der Waals surface area contributed by atoms with Crippen LogP contribution in [0.5, 0.6) is 0 Å². The van der Waals surface area contributed by atoms with Gasteiger partial charge in [0.25, 0.3) is 0 Å². The molecule has 1 aliphatic heterocycles. The Balaban J connectivity index is 1.44. The number of nitrogens with zero attached hydrogens (tertiary/aromatic N) is 5. The summed E-state index contributed by atoms with van der Waals surface area (Å²) >= 11 is 0. The Morgan fingerprint density at radius 1 is 1.04 bits per heavy atom. The average Bonchev–Trinajstić information content (AvgIpc) is 3.24. The second-order valence-electron chi connectivity index (χ2n) is 6.93. The second kappa shape index (κ2) is 8.13. The maximum absolute atomic E-state index is 4.57. The van der Waals surface area contributed by atoms with Crippen LogP contribution < -0.4 is 4.90 Å². The summed E-state index contributed by atoms with van der Waals surface area (Å²) in [7, 11) is 0. The van der Waals surface area contributed by atoms with Gasteiger partial charge < -0.3 is 4.90 Å². The molecule has 3 heterocycles. The maximum atomic E-state index is 4.57. The zero-order valence-electron chi connectivity index (χ0n) is 15.0. The van der Waals surface area contributed by atoms with E-state index in [-0.39, 0.29) is 0 Å². The minimum Gasteiger partial charge on any atom is -0.353 e. The number of anilines is 1. The Morgan fingerprint density at radius 2 is 1.92 bits per heavy atom. The van der Waals surface area contributed by atoms with Gasteiger partial charge in [-0.3, -0.25) is 4.57 Å². The van der Waals surface area contributed by atoms with Gasteiger partial charge in [0.1, 0.15) is 24.3 Å². The molecule has 0 radical (unpaired) electrons. The first kappa shape index (κ1) is 16.8. The first-order valence-corrected chi connectivity index (χ1v) is 9.51. The minimum atomic E-state index is 0.568. The molecular formula is C21H25N5. The van der Waals surface area contributed by atoms with Crippen molar-refractivity contribution >= 4 is 5.82 Å². The molecule has 3 aromatic rings. The van der Waals surface area contributed by atoms with Crippen molar-refractivity contribution in [1.82, 2.24) is 19.5 Å². The molecule has 1 fully saturated rings. The predicted octanol–water partition coefficient (Wildman–Crippen LogP) is 4.04. The molecule has 5 heteroatoms. The third kappa shape index (κ3) is 3.93. The SMILES string of the molecule is c1ccc(CCCC2CCCCN2c2cc(-n3ccnc3)ncn2)cc1. The van der Waals surface area contributed by atoms with Crippen molar-refractivity contribution in [2.75, 3.05) is 11.4 Å². The highest BCUT2D eigenvalue weighted by molar-refractivity contribution is 5.44. The van der Waals surface area contributed by atoms with Crippen molar-refractivity contribution in [3.8, 4) is 5.82 Å². The van der Waals surface area contributed by atoms with Gasteiger partial charge in [-0.1, -0.05) is 30.3 Å². The van der Waals surface area contributed by atoms with E-state index in [2.05, 4.69) is 56.3 Å². The van der Waals surface area contributed by atoms with Crippen LogP contribution in [0.2, 0.25) is 0 Å². The molecule has 4 rings (SSSR count). The lowest BCUT2D eigenvalue weighted by atomic mass is 9.96. The number of aromatic nitrogens is 4. The first-order chi connectivity index (χ1) is 12.9. The van der Waals surface area contributed by atoms with E-state index in [1.807, 2.05) is 10.8 Å². The van der Waals surface area contributed by atoms with E-state index in [4.69, 9.17) is 0 Å². The Kier molecular flexibility index (Phi) is 5.24. The summed E-state index contributed by atoms with van der Waals surface area (Å²) in [6.45, 7) is 1.08. The Hall–Kier alpha value is -2.69. The molecule has 1 atom stereocenters. The molecule has 0 aliphatic carbocycles. The molecular weight excluding hydrogens is 322 g/mol. The standard InChI is InChI=1S/C21H25N5/c1-2-7-18(8-3-1)9-6-11-19-10-4-5-13-26(19)21-15-20(23-16-24-21)25-14-12-22-17-25/h1-3,7-8,12,14-17,19H,4-6,9-11,13H2. The fraction of sp³-hybridized carbons (Fsp3) is 0.381. The highest BCUT2D eigenvalue weighted by Gasteiger charge is 2.23. The molecule has 0 bridgehead atoms. The van der Waals surface area contributed by atoms with Gasteiger partial charge in [-0.15, -0.1) is 0 Å². The van der Waals surface area contributed by atoms with Gasteiger partial charge >= 0.3 is 0 Å². The molecule has 5 nitrogen and oxygen atoms in total. The van der Waals surface area contributed by atoms with E-state index in [0.29, 0.717) is 6.04 Å². The summed E-state index contributed by atoms with van der Waals surface area (Å²) in [6.07, 6.45) is 14.5. The quantitative estimate of drug-likeness (QED) is 0.675. The fourth-order valence-electron chi connectivity index (χ4n) is 3.82. The third-order valence-electron chi connectivity index (χ3n) is 5.17. The van der Waals surface area contributed by atoms with Crippen LogP contribution in [-0.4, -0.2) is 32.1 Å². The van der Waals surface area contributed by atoms with Crippen LogP contribution >= 0.6 is 0 Å². The molecule has 0 amide bonds. The second-order valence-corrected chi connectivity index (χ2v) is 6.93. The van der Waals surface area contributed by atoms with Gasteiger partial charge in [-0.25, -0.2) is 15.0 Å². The summed E-state index contributed by atoms with van der Waals surface area (Å²) in [6, 6.07) is 13.4. The summed E-state index contributed by atoms with van der Waals surface area (Å²) in [5.74, 6) is 1.91. The third-order valence-corrected chi connectivity index (χ3v) is 5.17. The number of aryl methyl sites for hydroxylation is 1. The van der Waals surface area contributed by atoms with Crippen molar-refractivity contribution in [3.05, 3.63) is 67.0 Å². The van der Waals surface area contributed by atoms with E-state index in [1.165, 1.54) is 37.7 Å². The lowest BCUT2D eigenvalue weighted by Gasteiger charge is -2.37. The summed E-state index contributed by atoms with van der Waals surface area (Å²) in [5.41, 5.74) is 1.43. The molecule has 1 aromatic carbocycles. The molecule has 0 saturated carbocycles. The van der Waals surface area contributed by atoms with Gasteiger partial charge in [0.2, 0.25) is 0 Å². The molecule has 1 saturated heterocycles. The topological polar surface area (TPSA) is 46.8 Å². The summed E-state index contributed by atoms with van der Waals surface area (Å²) in [4.78, 5) is 15.6. The van der Waals surface area contributed by atoms with Gasteiger partial charge in [-0.05, 0) is 44.1 Å². The van der Waals surface area contributed by atoms with Crippen molar-refractivity contribution in [2.24, 2.45) is 0 Å². The van der Waals surface area contributed by atoms with Crippen molar-refractivity contribution in [1.29, 1.82) is 0 Å². The number of rotatable bonds is 6. The summed E-state index contributed by atoms with van der Waals surface area (Å²) < 4.78 is 1.93. The van der Waals surface area contributed by atoms with E-state index < -0.39 is 0 Å². The fourth-order valence-corrected chi connectivity index (χ4v) is 3.82. The highest BCUT2D eigenvalue weighted by Crippen LogP contribution is 2.27. The Morgan fingerprint density at radius 3 is 2.77 bits per heavy atom. The van der Waals surface area contributed by atoms with Crippen LogP contribution in [0.25, 0.3) is 5.82 Å². The van der Waals surface area contributed by atoms with Crippen LogP contribution in [0.3, 0.4) is 0 Å². The monoisotopic (exact) mass is 347 g/mol. The van der Waals surface area contributed by atoms with E-state index in [1.54, 1.807) is 18.9 Å². The molecule has 134 valence electrons. The molecule has 2 aromatic heterocycles. The lowest BCUT2D eigenvalue weighted by molar-refractivity contribution is 0.426. The van der Waals surface area contributed by atoms with Crippen molar-refractivity contribution in [2.45, 2.75) is 44.6 Å². The molecule has 1 unspecified atom stereocenters. The van der Waals surface area contributed by atoms with E-state index >= 15 is 0 Å². The van der Waals surface area contributed by atoms with Gasteiger partial charge in [0.05, 0.1) is 0 Å². The smallest absolute Gasteiger partial charge is 0.143 e. The molecule has 26 heavy (non-hydrogen) atoms. The first-order valence-electron chi connectivity index (χ1n) is 9.51. The van der Waals surface area contributed by atoms with Gasteiger partial charge in [-0.2, -0.15) is 0 Å². The zero-order valence-corrected chi connectivity index (χ0v) is 15.0. The number of benzene rings is 1. The maximum Gasteiger partial charge on any atom is 0.143 e. The van der Waals surface area contributed by atoms with Crippen LogP contribution in [0.15, 0.2) is 61.4 Å². The minimum absolute atomic E-state index is 0.568. The normalized spacial score (nSPS) is 17.4. The van der Waals surface area contributed by atoms with Crippen LogP contribution in [0.4, 0.5) is 5.82 Å². The molecule has 0 spiro atoms. The van der Waals surface area contributed by atoms with Crippen LogP contribution in [0, 0.1) is 0 Å². The highest BCUT2D eigenvalue weighted by atomic mass is 15.2. The van der Waals surface area contributed by atoms with Crippen LogP contribution in [-0.2, 0) is 6.42 Å². The lowest BCUT2D eigenvalue weighted by Crippen LogP contribution is -2.40. The Labute approximate surface area is 154 Å². The van der Waals surface area contributed by atoms with E-state index in [9.17, 15) is 0 Å². The number of hydrogen-bond donors (Lipinski definition) is 0. The number of imidazole rings is 1. The van der Waals surface area contributed by atoms with Gasteiger partial charge in [0.15, 0.2) is 0 Å². The predicted molar refractivity (Wildman–Crippen MR) is 104 cm³/mol. The average molecular weight is 347 g/mol. The Bertz CT molecular complexity index is 800. The molecule has 1 aliphatic rings. The number of piperidine rings is 1.